The van der Waals surface area contributed by atoms with Gasteiger partial charge in [0.1, 0.15) is 0 Å². The lowest BCUT2D eigenvalue weighted by molar-refractivity contribution is -0.141. The first-order valence-electron chi connectivity index (χ1n) is 9.73. The summed E-state index contributed by atoms with van der Waals surface area (Å²) in [5.41, 5.74) is 9.29. The van der Waals surface area contributed by atoms with Crippen LogP contribution in [0.4, 0.5) is 0 Å². The van der Waals surface area contributed by atoms with Gasteiger partial charge in [0.05, 0.1) is 33.9 Å². The standard InChI is InChI=1S/C22H23NO7/c1-25-16-4-10(5-17(26-2)21(16)27-3)18-11-6-14-15(30-9-29-14)7-12(11)20(23)13-8-28-22(24)19(13)18/h4-7,13,18-20H,8-9,23H2,1-3H3. The maximum Gasteiger partial charge on any atom is 0.310 e. The van der Waals surface area contributed by atoms with Crippen LogP contribution in [0.25, 0.3) is 0 Å². The summed E-state index contributed by atoms with van der Waals surface area (Å²) in [4.78, 5) is 12.8. The Labute approximate surface area is 173 Å². The molecule has 0 radical (unpaired) electrons. The van der Waals surface area contributed by atoms with Crippen molar-refractivity contribution in [3.8, 4) is 28.7 Å². The molecule has 1 fully saturated rings. The zero-order valence-corrected chi connectivity index (χ0v) is 17.0. The number of carbonyl (C=O) groups is 1. The van der Waals surface area contributed by atoms with Gasteiger partial charge in [0.2, 0.25) is 12.5 Å². The number of nitrogens with two attached hydrogens (primary N) is 1. The van der Waals surface area contributed by atoms with E-state index < -0.39 is 5.92 Å². The average molecular weight is 413 g/mol. The van der Waals surface area contributed by atoms with Crippen molar-refractivity contribution in [1.82, 2.24) is 0 Å². The van der Waals surface area contributed by atoms with Crippen LogP contribution in [0.2, 0.25) is 0 Å². The van der Waals surface area contributed by atoms with Crippen LogP contribution < -0.4 is 29.4 Å². The van der Waals surface area contributed by atoms with Crippen molar-refractivity contribution < 1.29 is 33.2 Å². The van der Waals surface area contributed by atoms with Crippen LogP contribution in [-0.2, 0) is 9.53 Å². The first-order valence-corrected chi connectivity index (χ1v) is 9.73. The molecule has 4 unspecified atom stereocenters. The van der Waals surface area contributed by atoms with E-state index in [9.17, 15) is 4.79 Å². The second-order valence-electron chi connectivity index (χ2n) is 7.62. The highest BCUT2D eigenvalue weighted by Crippen LogP contribution is 2.54. The Morgan fingerprint density at radius 3 is 2.13 bits per heavy atom. The number of esters is 1. The number of fused-ring (bicyclic) bond motifs is 3. The molecule has 0 bridgehead atoms. The minimum absolute atomic E-state index is 0.144. The minimum Gasteiger partial charge on any atom is -0.493 e. The van der Waals surface area contributed by atoms with Crippen LogP contribution >= 0.6 is 0 Å². The van der Waals surface area contributed by atoms with Crippen LogP contribution in [0.5, 0.6) is 28.7 Å². The summed E-state index contributed by atoms with van der Waals surface area (Å²) < 4.78 is 33.1. The Morgan fingerprint density at radius 2 is 1.53 bits per heavy atom. The number of hydrogen-bond donors (Lipinski definition) is 1. The van der Waals surface area contributed by atoms with E-state index in [1.54, 1.807) is 21.3 Å². The van der Waals surface area contributed by atoms with E-state index in [1.165, 1.54) is 0 Å². The fourth-order valence-corrected chi connectivity index (χ4v) is 4.89. The molecule has 0 aromatic heterocycles. The van der Waals surface area contributed by atoms with Crippen LogP contribution in [-0.4, -0.2) is 40.7 Å². The van der Waals surface area contributed by atoms with Crippen molar-refractivity contribution in [2.24, 2.45) is 17.6 Å². The molecule has 0 saturated carbocycles. The molecule has 2 heterocycles. The molecule has 4 atom stereocenters. The number of ether oxygens (including phenoxy) is 6. The normalized spacial score (nSPS) is 25.9. The van der Waals surface area contributed by atoms with E-state index in [4.69, 9.17) is 34.2 Å². The number of benzene rings is 2. The second-order valence-corrected chi connectivity index (χ2v) is 7.62. The van der Waals surface area contributed by atoms with Crippen molar-refractivity contribution >= 4 is 5.97 Å². The van der Waals surface area contributed by atoms with Crippen LogP contribution in [0.1, 0.15) is 28.7 Å². The minimum atomic E-state index is -0.421. The highest BCUT2D eigenvalue weighted by Gasteiger charge is 2.51. The van der Waals surface area contributed by atoms with Gasteiger partial charge >= 0.3 is 5.97 Å². The Kier molecular flexibility index (Phi) is 4.39. The third-order valence-electron chi connectivity index (χ3n) is 6.29. The van der Waals surface area contributed by atoms with Gasteiger partial charge in [-0.3, -0.25) is 4.79 Å². The molecule has 2 aromatic rings. The Bertz CT molecular complexity index is 996. The SMILES string of the molecule is COc1cc(C2c3cc4c(cc3C(N)C3COC(=O)C23)OCO4)cc(OC)c1OC. The van der Waals surface area contributed by atoms with Gasteiger partial charge in [-0.1, -0.05) is 0 Å². The zero-order chi connectivity index (χ0) is 21.0. The van der Waals surface area contributed by atoms with E-state index in [2.05, 4.69) is 0 Å². The van der Waals surface area contributed by atoms with Gasteiger partial charge in [-0.05, 0) is 41.0 Å². The first-order chi connectivity index (χ1) is 14.6. The van der Waals surface area contributed by atoms with Gasteiger partial charge in [0.25, 0.3) is 0 Å². The molecule has 2 N–H and O–H groups in total. The lowest BCUT2D eigenvalue weighted by atomic mass is 9.65. The average Bonchev–Trinajstić information content (AvgIpc) is 3.38. The predicted molar refractivity (Wildman–Crippen MR) is 105 cm³/mol. The van der Waals surface area contributed by atoms with Crippen molar-refractivity contribution in [2.75, 3.05) is 34.7 Å². The number of carbonyl (C=O) groups excluding carboxylic acids is 1. The van der Waals surface area contributed by atoms with Crippen molar-refractivity contribution in [1.29, 1.82) is 0 Å². The third-order valence-corrected chi connectivity index (χ3v) is 6.29. The monoisotopic (exact) mass is 413 g/mol. The summed E-state index contributed by atoms with van der Waals surface area (Å²) >= 11 is 0. The number of cyclic esters (lactones) is 1. The van der Waals surface area contributed by atoms with E-state index >= 15 is 0 Å². The molecule has 1 aliphatic carbocycles. The summed E-state index contributed by atoms with van der Waals surface area (Å²) in [6.07, 6.45) is 0. The van der Waals surface area contributed by atoms with Crippen LogP contribution in [0.3, 0.4) is 0 Å². The smallest absolute Gasteiger partial charge is 0.310 e. The van der Waals surface area contributed by atoms with E-state index in [0.717, 1.165) is 16.7 Å². The summed E-state index contributed by atoms with van der Waals surface area (Å²) in [6, 6.07) is 7.25. The van der Waals surface area contributed by atoms with E-state index in [-0.39, 0.29) is 30.6 Å². The molecule has 0 amide bonds. The fraction of sp³-hybridized carbons (Fsp3) is 0.409. The molecule has 5 rings (SSSR count). The molecule has 1 saturated heterocycles. The Morgan fingerprint density at radius 1 is 0.900 bits per heavy atom. The highest BCUT2D eigenvalue weighted by atomic mass is 16.7. The molecule has 3 aliphatic rings. The molecule has 8 heteroatoms. The first kappa shape index (κ1) is 18.9. The molecule has 30 heavy (non-hydrogen) atoms. The van der Waals surface area contributed by atoms with Gasteiger partial charge in [0.15, 0.2) is 23.0 Å². The van der Waals surface area contributed by atoms with Gasteiger partial charge in [-0.2, -0.15) is 0 Å². The highest BCUT2D eigenvalue weighted by molar-refractivity contribution is 5.79. The number of methoxy groups -OCH3 is 3. The van der Waals surface area contributed by atoms with Crippen LogP contribution in [0.15, 0.2) is 24.3 Å². The summed E-state index contributed by atoms with van der Waals surface area (Å²) in [5, 5.41) is 0. The third kappa shape index (κ3) is 2.60. The summed E-state index contributed by atoms with van der Waals surface area (Å²) in [6.45, 7) is 0.455. The van der Waals surface area contributed by atoms with Gasteiger partial charge in [-0.15, -0.1) is 0 Å². The number of hydrogen-bond acceptors (Lipinski definition) is 8. The van der Waals surface area contributed by atoms with Crippen molar-refractivity contribution in [2.45, 2.75) is 12.0 Å². The van der Waals surface area contributed by atoms with E-state index in [1.807, 2.05) is 24.3 Å². The number of rotatable bonds is 4. The predicted octanol–water partition coefficient (Wildman–Crippen LogP) is 2.38. The molecule has 0 spiro atoms. The maximum absolute atomic E-state index is 12.8. The maximum atomic E-state index is 12.8. The fourth-order valence-electron chi connectivity index (χ4n) is 4.89. The molecule has 158 valence electrons. The molecular formula is C22H23NO7. The molecular weight excluding hydrogens is 390 g/mol. The second kappa shape index (κ2) is 6.98. The van der Waals surface area contributed by atoms with Crippen LogP contribution in [0, 0.1) is 11.8 Å². The molecule has 2 aromatic carbocycles. The Balaban J connectivity index is 1.74. The van der Waals surface area contributed by atoms with E-state index in [0.29, 0.717) is 35.4 Å². The zero-order valence-electron chi connectivity index (χ0n) is 17.0. The quantitative estimate of drug-likeness (QED) is 0.763. The summed E-state index contributed by atoms with van der Waals surface area (Å²) in [5.74, 6) is 1.72. The molecule has 8 nitrogen and oxygen atoms in total. The van der Waals surface area contributed by atoms with Crippen molar-refractivity contribution in [3.05, 3.63) is 41.0 Å². The van der Waals surface area contributed by atoms with Crippen molar-refractivity contribution in [3.63, 3.8) is 0 Å². The van der Waals surface area contributed by atoms with Gasteiger partial charge < -0.3 is 34.2 Å². The topological polar surface area (TPSA) is 98.5 Å². The molecule has 2 aliphatic heterocycles. The lowest BCUT2D eigenvalue weighted by Gasteiger charge is -2.37. The van der Waals surface area contributed by atoms with Gasteiger partial charge in [0, 0.05) is 17.9 Å². The largest absolute Gasteiger partial charge is 0.493 e. The lowest BCUT2D eigenvalue weighted by Crippen LogP contribution is -2.38. The summed E-state index contributed by atoms with van der Waals surface area (Å²) in [7, 11) is 4.69. The Hall–Kier alpha value is -3.13. The van der Waals surface area contributed by atoms with Gasteiger partial charge in [-0.25, -0.2) is 0 Å².